The zero-order valence-electron chi connectivity index (χ0n) is 15.9. The molecule has 7 heteroatoms. The highest BCUT2D eigenvalue weighted by Gasteiger charge is 2.25. The van der Waals surface area contributed by atoms with Crippen molar-refractivity contribution in [2.75, 3.05) is 36.4 Å². The summed E-state index contributed by atoms with van der Waals surface area (Å²) in [6, 6.07) is 12.2. The summed E-state index contributed by atoms with van der Waals surface area (Å²) in [5.74, 6) is -0.0787. The van der Waals surface area contributed by atoms with E-state index in [9.17, 15) is 9.59 Å². The van der Waals surface area contributed by atoms with E-state index in [4.69, 9.17) is 23.2 Å². The third kappa shape index (κ3) is 4.59. The first-order chi connectivity index (χ1) is 13.4. The topological polar surface area (TPSA) is 52.7 Å². The Kier molecular flexibility index (Phi) is 6.47. The predicted octanol–water partition coefficient (Wildman–Crippen LogP) is 4.55. The number of anilines is 2. The number of halogens is 2. The van der Waals surface area contributed by atoms with E-state index in [0.29, 0.717) is 47.5 Å². The first-order valence-corrected chi connectivity index (χ1v) is 10.0. The molecule has 0 saturated carbocycles. The van der Waals surface area contributed by atoms with Crippen molar-refractivity contribution in [1.82, 2.24) is 4.90 Å². The predicted molar refractivity (Wildman–Crippen MR) is 114 cm³/mol. The number of carbonyl (C=O) groups is 2. The maximum atomic E-state index is 12.6. The molecule has 5 nitrogen and oxygen atoms in total. The van der Waals surface area contributed by atoms with Gasteiger partial charge in [-0.3, -0.25) is 9.59 Å². The van der Waals surface area contributed by atoms with E-state index in [1.165, 1.54) is 0 Å². The van der Waals surface area contributed by atoms with Crippen LogP contribution in [0, 0.1) is 5.92 Å². The van der Waals surface area contributed by atoms with Gasteiger partial charge in [-0.1, -0.05) is 43.1 Å². The molecule has 2 aromatic carbocycles. The fraction of sp³-hybridized carbons (Fsp3) is 0.333. The van der Waals surface area contributed by atoms with E-state index in [0.717, 1.165) is 5.69 Å². The zero-order chi connectivity index (χ0) is 20.3. The van der Waals surface area contributed by atoms with Crippen LogP contribution in [0.1, 0.15) is 24.2 Å². The fourth-order valence-corrected chi connectivity index (χ4v) is 3.67. The molecule has 1 aliphatic rings. The van der Waals surface area contributed by atoms with Crippen molar-refractivity contribution in [3.8, 4) is 0 Å². The molecule has 1 aliphatic heterocycles. The summed E-state index contributed by atoms with van der Waals surface area (Å²) < 4.78 is 0. The number of hydrogen-bond donors (Lipinski definition) is 1. The average molecular weight is 420 g/mol. The molecule has 1 heterocycles. The van der Waals surface area contributed by atoms with Crippen LogP contribution >= 0.6 is 23.2 Å². The number of piperazine rings is 1. The molecule has 1 N–H and O–H groups in total. The third-order valence-electron chi connectivity index (χ3n) is 4.74. The average Bonchev–Trinajstić information content (AvgIpc) is 2.68. The number of nitrogens with zero attached hydrogens (tertiary/aromatic N) is 2. The van der Waals surface area contributed by atoms with Crippen LogP contribution in [-0.4, -0.2) is 42.9 Å². The molecule has 2 aromatic rings. The minimum atomic E-state index is -0.228. The van der Waals surface area contributed by atoms with Crippen molar-refractivity contribution < 1.29 is 9.59 Å². The van der Waals surface area contributed by atoms with E-state index in [2.05, 4.69) is 10.2 Å². The molecule has 0 atom stereocenters. The largest absolute Gasteiger partial charge is 0.365 e. The zero-order valence-corrected chi connectivity index (χ0v) is 17.4. The molecule has 28 heavy (non-hydrogen) atoms. The lowest BCUT2D eigenvalue weighted by Gasteiger charge is -2.38. The van der Waals surface area contributed by atoms with E-state index in [1.807, 2.05) is 30.9 Å². The molecule has 0 unspecified atom stereocenters. The van der Waals surface area contributed by atoms with Crippen molar-refractivity contribution in [3.05, 3.63) is 58.1 Å². The molecule has 0 aromatic heterocycles. The number of carbonyl (C=O) groups excluding carboxylic acids is 2. The molecule has 3 rings (SSSR count). The molecule has 0 bridgehead atoms. The van der Waals surface area contributed by atoms with Crippen LogP contribution in [0.4, 0.5) is 11.4 Å². The number of hydrogen-bond acceptors (Lipinski definition) is 3. The van der Waals surface area contributed by atoms with E-state index >= 15 is 0 Å². The number of benzene rings is 2. The van der Waals surface area contributed by atoms with Gasteiger partial charge in [0, 0.05) is 42.7 Å². The van der Waals surface area contributed by atoms with E-state index in [1.54, 1.807) is 30.3 Å². The summed E-state index contributed by atoms with van der Waals surface area (Å²) in [4.78, 5) is 28.8. The molecule has 0 radical (unpaired) electrons. The highest BCUT2D eigenvalue weighted by molar-refractivity contribution is 6.34. The van der Waals surface area contributed by atoms with E-state index < -0.39 is 0 Å². The molecule has 2 amide bonds. The van der Waals surface area contributed by atoms with Gasteiger partial charge >= 0.3 is 0 Å². The maximum absolute atomic E-state index is 12.6. The summed E-state index contributed by atoms with van der Waals surface area (Å²) >= 11 is 12.4. The van der Waals surface area contributed by atoms with Gasteiger partial charge in [0.15, 0.2) is 0 Å². The standard InChI is InChI=1S/C21H23Cl2N3O2/c1-14(2)21(28)26-12-10-25(11-13-26)19-17(23)4-3-5-18(19)24-20(27)15-6-8-16(22)9-7-15/h3-9,14H,10-13H2,1-2H3,(H,24,27). The van der Waals surface area contributed by atoms with Crippen molar-refractivity contribution in [1.29, 1.82) is 0 Å². The smallest absolute Gasteiger partial charge is 0.255 e. The summed E-state index contributed by atoms with van der Waals surface area (Å²) in [5.41, 5.74) is 1.95. The monoisotopic (exact) mass is 419 g/mol. The molecule has 1 saturated heterocycles. The van der Waals surface area contributed by atoms with Gasteiger partial charge in [-0.15, -0.1) is 0 Å². The lowest BCUT2D eigenvalue weighted by molar-refractivity contribution is -0.134. The van der Waals surface area contributed by atoms with Crippen molar-refractivity contribution >= 4 is 46.4 Å². The van der Waals surface area contributed by atoms with Gasteiger partial charge in [0.05, 0.1) is 16.4 Å². The molecule has 0 spiro atoms. The normalized spacial score (nSPS) is 14.3. The second kappa shape index (κ2) is 8.84. The Morgan fingerprint density at radius 1 is 0.964 bits per heavy atom. The van der Waals surface area contributed by atoms with E-state index in [-0.39, 0.29) is 17.7 Å². The molecule has 0 aliphatic carbocycles. The van der Waals surface area contributed by atoms with Crippen LogP contribution in [0.5, 0.6) is 0 Å². The molecular formula is C21H23Cl2N3O2. The van der Waals surface area contributed by atoms with Gasteiger partial charge in [-0.2, -0.15) is 0 Å². The highest BCUT2D eigenvalue weighted by atomic mass is 35.5. The fourth-order valence-electron chi connectivity index (χ4n) is 3.25. The van der Waals surface area contributed by atoms with Crippen molar-refractivity contribution in [3.63, 3.8) is 0 Å². The SMILES string of the molecule is CC(C)C(=O)N1CCN(c2c(Cl)cccc2NC(=O)c2ccc(Cl)cc2)CC1. The maximum Gasteiger partial charge on any atom is 0.255 e. The minimum Gasteiger partial charge on any atom is -0.365 e. The van der Waals surface area contributed by atoms with Crippen molar-refractivity contribution in [2.45, 2.75) is 13.8 Å². The first kappa shape index (κ1) is 20.5. The van der Waals surface area contributed by atoms with Gasteiger partial charge in [0.2, 0.25) is 5.91 Å². The van der Waals surface area contributed by atoms with Gasteiger partial charge in [-0.05, 0) is 36.4 Å². The van der Waals surface area contributed by atoms with Gasteiger partial charge in [0.25, 0.3) is 5.91 Å². The van der Waals surface area contributed by atoms with Crippen LogP contribution < -0.4 is 10.2 Å². The van der Waals surface area contributed by atoms with Crippen LogP contribution in [0.15, 0.2) is 42.5 Å². The Morgan fingerprint density at radius 2 is 1.61 bits per heavy atom. The number of rotatable bonds is 4. The number of para-hydroxylation sites is 1. The lowest BCUT2D eigenvalue weighted by Crippen LogP contribution is -2.50. The molecule has 1 fully saturated rings. The second-order valence-corrected chi connectivity index (χ2v) is 7.91. The van der Waals surface area contributed by atoms with Crippen LogP contribution in [0.3, 0.4) is 0 Å². The Bertz CT molecular complexity index is 860. The minimum absolute atomic E-state index is 0.0129. The van der Waals surface area contributed by atoms with Crippen LogP contribution in [0.25, 0.3) is 0 Å². The first-order valence-electron chi connectivity index (χ1n) is 9.26. The van der Waals surface area contributed by atoms with Gasteiger partial charge in [-0.25, -0.2) is 0 Å². The third-order valence-corrected chi connectivity index (χ3v) is 5.30. The Hall–Kier alpha value is -2.24. The van der Waals surface area contributed by atoms with Crippen molar-refractivity contribution in [2.24, 2.45) is 5.92 Å². The van der Waals surface area contributed by atoms with Crippen LogP contribution in [-0.2, 0) is 4.79 Å². The summed E-state index contributed by atoms with van der Waals surface area (Å²) in [6.45, 7) is 6.40. The highest BCUT2D eigenvalue weighted by Crippen LogP contribution is 2.35. The summed E-state index contributed by atoms with van der Waals surface area (Å²) in [7, 11) is 0. The van der Waals surface area contributed by atoms with Crippen LogP contribution in [0.2, 0.25) is 10.0 Å². The Morgan fingerprint density at radius 3 is 2.21 bits per heavy atom. The molecular weight excluding hydrogens is 397 g/mol. The molecule has 148 valence electrons. The Balaban J connectivity index is 1.77. The lowest BCUT2D eigenvalue weighted by atomic mass is 10.1. The Labute approximate surface area is 175 Å². The summed E-state index contributed by atoms with van der Waals surface area (Å²) in [5, 5.41) is 4.09. The van der Waals surface area contributed by atoms with Gasteiger partial charge < -0.3 is 15.1 Å². The number of amides is 2. The number of nitrogens with one attached hydrogen (secondary N) is 1. The summed E-state index contributed by atoms with van der Waals surface area (Å²) in [6.07, 6.45) is 0. The quantitative estimate of drug-likeness (QED) is 0.790. The van der Waals surface area contributed by atoms with Gasteiger partial charge in [0.1, 0.15) is 0 Å². The second-order valence-electron chi connectivity index (χ2n) is 7.06.